The normalized spacial score (nSPS) is 17.6. The van der Waals surface area contributed by atoms with Crippen molar-refractivity contribution in [2.45, 2.75) is 19.9 Å². The molecular weight excluding hydrogens is 410 g/mol. The molecule has 3 aromatic rings. The molecule has 2 aromatic carbocycles. The van der Waals surface area contributed by atoms with Crippen LogP contribution in [0.5, 0.6) is 11.5 Å². The lowest BCUT2D eigenvalue weighted by atomic mass is 9.95. The van der Waals surface area contributed by atoms with Crippen molar-refractivity contribution in [2.24, 2.45) is 0 Å². The van der Waals surface area contributed by atoms with Gasteiger partial charge in [0.2, 0.25) is 0 Å². The Hall–Kier alpha value is -4.00. The number of anilines is 1. The van der Waals surface area contributed by atoms with E-state index in [4.69, 9.17) is 13.9 Å². The second-order valence-corrected chi connectivity index (χ2v) is 7.49. The van der Waals surface area contributed by atoms with E-state index in [-0.39, 0.29) is 11.3 Å². The SMILES string of the molecule is COc1cc(C)c(/C(O)=C2/C(=O)C(=O)N(c3ccccc3OC)C2c2ccco2)cc1C. The average Bonchev–Trinajstić information content (AvgIpc) is 3.41. The van der Waals surface area contributed by atoms with Crippen molar-refractivity contribution in [3.05, 3.63) is 82.8 Å². The zero-order chi connectivity index (χ0) is 23.0. The van der Waals surface area contributed by atoms with Crippen molar-refractivity contribution < 1.29 is 28.6 Å². The van der Waals surface area contributed by atoms with E-state index in [1.54, 1.807) is 62.6 Å². The van der Waals surface area contributed by atoms with Crippen LogP contribution in [-0.2, 0) is 9.59 Å². The van der Waals surface area contributed by atoms with Gasteiger partial charge in [0.05, 0.1) is 31.7 Å². The first-order valence-electron chi connectivity index (χ1n) is 10.0. The molecule has 1 aliphatic rings. The number of aliphatic hydroxyl groups excluding tert-OH is 1. The van der Waals surface area contributed by atoms with Crippen LogP contribution in [0.3, 0.4) is 0 Å². The Morgan fingerprint density at radius 2 is 1.69 bits per heavy atom. The number of hydrogen-bond donors (Lipinski definition) is 1. The van der Waals surface area contributed by atoms with Crippen LogP contribution in [0.4, 0.5) is 5.69 Å². The molecule has 0 aliphatic carbocycles. The number of ether oxygens (including phenoxy) is 2. The van der Waals surface area contributed by atoms with E-state index in [9.17, 15) is 14.7 Å². The summed E-state index contributed by atoms with van der Waals surface area (Å²) < 4.78 is 16.4. The van der Waals surface area contributed by atoms with Crippen molar-refractivity contribution >= 4 is 23.1 Å². The molecule has 0 spiro atoms. The zero-order valence-electron chi connectivity index (χ0n) is 18.2. The molecule has 32 heavy (non-hydrogen) atoms. The Kier molecular flexibility index (Phi) is 5.48. The number of para-hydroxylation sites is 2. The van der Waals surface area contributed by atoms with Crippen LogP contribution < -0.4 is 14.4 Å². The number of amides is 1. The molecule has 1 aliphatic heterocycles. The van der Waals surface area contributed by atoms with E-state index < -0.39 is 17.7 Å². The summed E-state index contributed by atoms with van der Waals surface area (Å²) in [5.74, 6) is -0.425. The summed E-state index contributed by atoms with van der Waals surface area (Å²) in [6.45, 7) is 3.64. The number of nitrogens with zero attached hydrogens (tertiary/aromatic N) is 1. The van der Waals surface area contributed by atoms with Gasteiger partial charge in [-0.05, 0) is 61.4 Å². The standard InChI is InChI=1S/C25H23NO6/c1-14-13-20(31-4)15(2)12-16(14)23(27)21-22(19-10-7-11-32-19)26(25(29)24(21)28)17-8-5-6-9-18(17)30-3/h5-13,22,27H,1-4H3/b23-21-. The number of methoxy groups -OCH3 is 2. The topological polar surface area (TPSA) is 89.2 Å². The lowest BCUT2D eigenvalue weighted by molar-refractivity contribution is -0.132. The number of carbonyl (C=O) groups excluding carboxylic acids is 2. The van der Waals surface area contributed by atoms with Gasteiger partial charge in [-0.3, -0.25) is 14.5 Å². The molecule has 0 saturated carbocycles. The number of ketones is 1. The van der Waals surface area contributed by atoms with E-state index in [0.29, 0.717) is 34.1 Å². The van der Waals surface area contributed by atoms with E-state index in [0.717, 1.165) is 5.56 Å². The minimum absolute atomic E-state index is 0.0523. The predicted octanol–water partition coefficient (Wildman–Crippen LogP) is 4.54. The molecule has 1 saturated heterocycles. The van der Waals surface area contributed by atoms with Gasteiger partial charge in [-0.2, -0.15) is 0 Å². The minimum Gasteiger partial charge on any atom is -0.507 e. The summed E-state index contributed by atoms with van der Waals surface area (Å²) in [6, 6.07) is 12.8. The van der Waals surface area contributed by atoms with Crippen LogP contribution in [0.1, 0.15) is 28.5 Å². The van der Waals surface area contributed by atoms with Gasteiger partial charge in [-0.15, -0.1) is 0 Å². The first-order valence-corrected chi connectivity index (χ1v) is 10.0. The molecular formula is C25H23NO6. The van der Waals surface area contributed by atoms with Crippen molar-refractivity contribution in [3.8, 4) is 11.5 Å². The van der Waals surface area contributed by atoms with Gasteiger partial charge < -0.3 is 19.0 Å². The van der Waals surface area contributed by atoms with E-state index in [1.165, 1.54) is 18.3 Å². The monoisotopic (exact) mass is 433 g/mol. The number of carbonyl (C=O) groups is 2. The highest BCUT2D eigenvalue weighted by molar-refractivity contribution is 6.51. The van der Waals surface area contributed by atoms with E-state index in [2.05, 4.69) is 0 Å². The summed E-state index contributed by atoms with van der Waals surface area (Å²) in [5.41, 5.74) is 2.28. The number of benzene rings is 2. The maximum absolute atomic E-state index is 13.2. The van der Waals surface area contributed by atoms with Crippen molar-refractivity contribution in [2.75, 3.05) is 19.1 Å². The van der Waals surface area contributed by atoms with Gasteiger partial charge in [0.15, 0.2) is 0 Å². The maximum Gasteiger partial charge on any atom is 0.300 e. The Balaban J connectivity index is 1.97. The van der Waals surface area contributed by atoms with Gasteiger partial charge in [0.1, 0.15) is 29.1 Å². The van der Waals surface area contributed by atoms with Gasteiger partial charge in [0.25, 0.3) is 11.7 Å². The molecule has 1 aromatic heterocycles. The van der Waals surface area contributed by atoms with Crippen LogP contribution in [0.2, 0.25) is 0 Å². The van der Waals surface area contributed by atoms with E-state index in [1.807, 2.05) is 6.92 Å². The number of hydrogen-bond acceptors (Lipinski definition) is 6. The number of aliphatic hydroxyl groups is 1. The molecule has 7 heteroatoms. The third-order valence-corrected chi connectivity index (χ3v) is 5.60. The highest BCUT2D eigenvalue weighted by Gasteiger charge is 2.49. The third kappa shape index (κ3) is 3.32. The molecule has 0 radical (unpaired) electrons. The number of rotatable bonds is 5. The summed E-state index contributed by atoms with van der Waals surface area (Å²) in [5, 5.41) is 11.3. The van der Waals surface area contributed by atoms with Crippen molar-refractivity contribution in [1.82, 2.24) is 0 Å². The van der Waals surface area contributed by atoms with Crippen LogP contribution >= 0.6 is 0 Å². The molecule has 1 atom stereocenters. The minimum atomic E-state index is -0.955. The fourth-order valence-corrected chi connectivity index (χ4v) is 4.04. The van der Waals surface area contributed by atoms with Gasteiger partial charge >= 0.3 is 0 Å². The van der Waals surface area contributed by atoms with E-state index >= 15 is 0 Å². The first-order chi connectivity index (χ1) is 15.4. The Labute approximate surface area is 185 Å². The Morgan fingerprint density at radius 1 is 0.969 bits per heavy atom. The van der Waals surface area contributed by atoms with Crippen LogP contribution in [0.15, 0.2) is 64.8 Å². The third-order valence-electron chi connectivity index (χ3n) is 5.60. The quantitative estimate of drug-likeness (QED) is 0.361. The smallest absolute Gasteiger partial charge is 0.300 e. The lowest BCUT2D eigenvalue weighted by Gasteiger charge is -2.25. The Bertz CT molecular complexity index is 1230. The lowest BCUT2D eigenvalue weighted by Crippen LogP contribution is -2.29. The summed E-state index contributed by atoms with van der Waals surface area (Å²) in [4.78, 5) is 27.7. The molecule has 7 nitrogen and oxygen atoms in total. The van der Waals surface area contributed by atoms with Gasteiger partial charge in [-0.1, -0.05) is 12.1 Å². The summed E-state index contributed by atoms with van der Waals surface area (Å²) in [6.07, 6.45) is 1.46. The highest BCUT2D eigenvalue weighted by atomic mass is 16.5. The molecule has 1 fully saturated rings. The largest absolute Gasteiger partial charge is 0.507 e. The van der Waals surface area contributed by atoms with Crippen LogP contribution in [-0.4, -0.2) is 31.0 Å². The predicted molar refractivity (Wildman–Crippen MR) is 119 cm³/mol. The van der Waals surface area contributed by atoms with Crippen molar-refractivity contribution in [3.63, 3.8) is 0 Å². The second-order valence-electron chi connectivity index (χ2n) is 7.49. The first kappa shape index (κ1) is 21.2. The van der Waals surface area contributed by atoms with Gasteiger partial charge in [0, 0.05) is 5.56 Å². The molecule has 1 amide bonds. The fourth-order valence-electron chi connectivity index (χ4n) is 4.04. The van der Waals surface area contributed by atoms with Crippen molar-refractivity contribution in [1.29, 1.82) is 0 Å². The molecule has 1 unspecified atom stereocenters. The highest BCUT2D eigenvalue weighted by Crippen LogP contribution is 2.45. The zero-order valence-corrected chi connectivity index (χ0v) is 18.2. The number of Topliss-reactive ketones (excluding diaryl/α,β-unsaturated/α-hetero) is 1. The van der Waals surface area contributed by atoms with Gasteiger partial charge in [-0.25, -0.2) is 0 Å². The average molecular weight is 433 g/mol. The van der Waals surface area contributed by atoms with Crippen LogP contribution in [0, 0.1) is 13.8 Å². The summed E-state index contributed by atoms with van der Waals surface area (Å²) in [7, 11) is 3.05. The molecule has 4 rings (SSSR count). The molecule has 2 heterocycles. The number of aryl methyl sites for hydroxylation is 2. The maximum atomic E-state index is 13.2. The fraction of sp³-hybridized carbons (Fsp3) is 0.200. The molecule has 164 valence electrons. The molecule has 0 bridgehead atoms. The van der Waals surface area contributed by atoms with Crippen LogP contribution in [0.25, 0.3) is 5.76 Å². The molecule has 1 N–H and O–H groups in total. The number of furan rings is 1. The second kappa shape index (κ2) is 8.26. The Morgan fingerprint density at radius 3 is 2.34 bits per heavy atom. The summed E-state index contributed by atoms with van der Waals surface area (Å²) >= 11 is 0.